The number of nitrogens with zero attached hydrogens (tertiary/aromatic N) is 2. The Labute approximate surface area is 138 Å². The third-order valence-corrected chi connectivity index (χ3v) is 3.72. The lowest BCUT2D eigenvalue weighted by Gasteiger charge is -2.13. The van der Waals surface area contributed by atoms with Gasteiger partial charge < -0.3 is 16.4 Å². The maximum Gasteiger partial charge on any atom is 0.159 e. The summed E-state index contributed by atoms with van der Waals surface area (Å²) in [5, 5.41) is 6.48. The van der Waals surface area contributed by atoms with E-state index in [0.717, 1.165) is 18.7 Å². The first-order valence-corrected chi connectivity index (χ1v) is 8.01. The Kier molecular flexibility index (Phi) is 5.60. The van der Waals surface area contributed by atoms with E-state index in [0.29, 0.717) is 23.2 Å². The fraction of sp³-hybridized carbons (Fsp3) is 0.333. The summed E-state index contributed by atoms with van der Waals surface area (Å²) >= 11 is 2.27. The molecule has 0 fully saturated rings. The van der Waals surface area contributed by atoms with Crippen molar-refractivity contribution in [2.24, 2.45) is 5.92 Å². The van der Waals surface area contributed by atoms with E-state index in [9.17, 15) is 0 Å². The molecular weight excluding hydrogens is 377 g/mol. The molecule has 0 spiro atoms. The molecule has 2 rings (SSSR count). The summed E-state index contributed by atoms with van der Waals surface area (Å²) in [6.07, 6.45) is 2.59. The van der Waals surface area contributed by atoms with Crippen LogP contribution in [0.1, 0.15) is 20.3 Å². The molecule has 112 valence electrons. The molecule has 6 heteroatoms. The van der Waals surface area contributed by atoms with E-state index in [1.54, 1.807) is 0 Å². The maximum atomic E-state index is 6.13. The van der Waals surface area contributed by atoms with Crippen LogP contribution < -0.4 is 16.4 Å². The van der Waals surface area contributed by atoms with Crippen LogP contribution in [0, 0.1) is 9.49 Å². The number of hydrogen-bond donors (Lipinski definition) is 3. The van der Waals surface area contributed by atoms with Crippen LogP contribution in [0.15, 0.2) is 30.6 Å². The standard InChI is InChI=1S/C15H20IN5/c1-10(2)7-8-18-14-13(17)15(20-9-19-14)21-12-5-3-11(16)4-6-12/h3-6,9-10H,7-8,17H2,1-2H3,(H2,18,19,20,21). The second-order valence-corrected chi connectivity index (χ2v) is 6.47. The maximum absolute atomic E-state index is 6.13. The molecule has 0 amide bonds. The fourth-order valence-corrected chi connectivity index (χ4v) is 2.14. The van der Waals surface area contributed by atoms with Crippen molar-refractivity contribution in [1.29, 1.82) is 0 Å². The number of rotatable bonds is 6. The molecular formula is C15H20IN5. The van der Waals surface area contributed by atoms with Crippen LogP contribution in [0.2, 0.25) is 0 Å². The van der Waals surface area contributed by atoms with Gasteiger partial charge in [-0.3, -0.25) is 0 Å². The van der Waals surface area contributed by atoms with Crippen molar-refractivity contribution in [3.05, 3.63) is 34.2 Å². The molecule has 0 saturated carbocycles. The van der Waals surface area contributed by atoms with Gasteiger partial charge in [0.15, 0.2) is 11.6 Å². The number of aromatic nitrogens is 2. The molecule has 0 atom stereocenters. The molecule has 0 saturated heterocycles. The second-order valence-electron chi connectivity index (χ2n) is 5.23. The minimum absolute atomic E-state index is 0.541. The lowest BCUT2D eigenvalue weighted by Crippen LogP contribution is -2.10. The molecule has 1 heterocycles. The van der Waals surface area contributed by atoms with Crippen molar-refractivity contribution in [3.8, 4) is 0 Å². The highest BCUT2D eigenvalue weighted by molar-refractivity contribution is 14.1. The van der Waals surface area contributed by atoms with Crippen molar-refractivity contribution in [1.82, 2.24) is 9.97 Å². The first-order chi connectivity index (χ1) is 10.1. The van der Waals surface area contributed by atoms with Crippen LogP contribution in [-0.2, 0) is 0 Å². The van der Waals surface area contributed by atoms with Crippen LogP contribution in [0.4, 0.5) is 23.0 Å². The van der Waals surface area contributed by atoms with Crippen LogP contribution in [0.5, 0.6) is 0 Å². The van der Waals surface area contributed by atoms with E-state index in [2.05, 4.69) is 57.0 Å². The highest BCUT2D eigenvalue weighted by atomic mass is 127. The number of nitrogen functional groups attached to an aromatic ring is 1. The summed E-state index contributed by atoms with van der Waals surface area (Å²) in [7, 11) is 0. The van der Waals surface area contributed by atoms with Gasteiger partial charge in [-0.25, -0.2) is 9.97 Å². The third-order valence-electron chi connectivity index (χ3n) is 3.01. The Bertz CT molecular complexity index is 583. The average Bonchev–Trinajstić information content (AvgIpc) is 2.45. The first kappa shape index (κ1) is 15.8. The molecule has 0 bridgehead atoms. The van der Waals surface area contributed by atoms with Gasteiger partial charge in [0.05, 0.1) is 0 Å². The zero-order valence-corrected chi connectivity index (χ0v) is 14.4. The summed E-state index contributed by atoms with van der Waals surface area (Å²) in [4.78, 5) is 8.41. The SMILES string of the molecule is CC(C)CCNc1ncnc(Nc2ccc(I)cc2)c1N. The topological polar surface area (TPSA) is 75.9 Å². The lowest BCUT2D eigenvalue weighted by molar-refractivity contribution is 0.606. The summed E-state index contributed by atoms with van der Waals surface area (Å²) in [6, 6.07) is 8.05. The van der Waals surface area contributed by atoms with E-state index in [1.807, 2.05) is 24.3 Å². The first-order valence-electron chi connectivity index (χ1n) is 6.93. The van der Waals surface area contributed by atoms with Crippen LogP contribution in [0.3, 0.4) is 0 Å². The number of nitrogens with two attached hydrogens (primary N) is 1. The molecule has 5 nitrogen and oxygen atoms in total. The quantitative estimate of drug-likeness (QED) is 0.646. The van der Waals surface area contributed by atoms with Crippen molar-refractivity contribution in [2.75, 3.05) is 22.9 Å². The second kappa shape index (κ2) is 7.44. The number of nitrogens with one attached hydrogen (secondary N) is 2. The fourth-order valence-electron chi connectivity index (χ4n) is 1.79. The molecule has 0 radical (unpaired) electrons. The molecule has 4 N–H and O–H groups in total. The molecule has 21 heavy (non-hydrogen) atoms. The van der Waals surface area contributed by atoms with Crippen LogP contribution in [-0.4, -0.2) is 16.5 Å². The number of hydrogen-bond acceptors (Lipinski definition) is 5. The van der Waals surface area contributed by atoms with Gasteiger partial charge in [0.1, 0.15) is 12.0 Å². The minimum Gasteiger partial charge on any atom is -0.393 e. The summed E-state index contributed by atoms with van der Waals surface area (Å²) in [6.45, 7) is 5.23. The van der Waals surface area contributed by atoms with Gasteiger partial charge in [-0.15, -0.1) is 0 Å². The Hall–Kier alpha value is -1.57. The van der Waals surface area contributed by atoms with E-state index in [-0.39, 0.29) is 0 Å². The summed E-state index contributed by atoms with van der Waals surface area (Å²) in [5.74, 6) is 1.95. The van der Waals surface area contributed by atoms with Crippen LogP contribution >= 0.6 is 22.6 Å². The van der Waals surface area contributed by atoms with Crippen LogP contribution in [0.25, 0.3) is 0 Å². The predicted molar refractivity (Wildman–Crippen MR) is 96.8 cm³/mol. The molecule has 1 aromatic heterocycles. The Balaban J connectivity index is 2.08. The van der Waals surface area contributed by atoms with Crippen molar-refractivity contribution >= 4 is 45.6 Å². The largest absolute Gasteiger partial charge is 0.393 e. The van der Waals surface area contributed by atoms with Gasteiger partial charge in [-0.2, -0.15) is 0 Å². The monoisotopic (exact) mass is 397 g/mol. The third kappa shape index (κ3) is 4.73. The highest BCUT2D eigenvalue weighted by Gasteiger charge is 2.08. The van der Waals surface area contributed by atoms with Crippen molar-refractivity contribution < 1.29 is 0 Å². The van der Waals surface area contributed by atoms with E-state index in [1.165, 1.54) is 9.90 Å². The van der Waals surface area contributed by atoms with Gasteiger partial charge in [0.2, 0.25) is 0 Å². The molecule has 0 aliphatic carbocycles. The van der Waals surface area contributed by atoms with Gasteiger partial charge in [-0.1, -0.05) is 13.8 Å². The van der Waals surface area contributed by atoms with Gasteiger partial charge in [-0.05, 0) is 59.2 Å². The highest BCUT2D eigenvalue weighted by Crippen LogP contribution is 2.26. The van der Waals surface area contributed by atoms with Gasteiger partial charge in [0.25, 0.3) is 0 Å². The lowest BCUT2D eigenvalue weighted by atomic mass is 10.1. The normalized spacial score (nSPS) is 10.7. The summed E-state index contributed by atoms with van der Waals surface area (Å²) in [5.41, 5.74) is 7.62. The number of anilines is 4. The average molecular weight is 397 g/mol. The number of benzene rings is 1. The molecule has 0 unspecified atom stereocenters. The van der Waals surface area contributed by atoms with Gasteiger partial charge >= 0.3 is 0 Å². The van der Waals surface area contributed by atoms with Crippen molar-refractivity contribution in [2.45, 2.75) is 20.3 Å². The van der Waals surface area contributed by atoms with Gasteiger partial charge in [0, 0.05) is 15.8 Å². The molecule has 0 aliphatic rings. The predicted octanol–water partition coefficient (Wildman–Crippen LogP) is 3.87. The Morgan fingerprint density at radius 3 is 2.48 bits per heavy atom. The smallest absolute Gasteiger partial charge is 0.159 e. The van der Waals surface area contributed by atoms with E-state index in [4.69, 9.17) is 5.73 Å². The Morgan fingerprint density at radius 1 is 1.14 bits per heavy atom. The molecule has 2 aromatic rings. The summed E-state index contributed by atoms with van der Waals surface area (Å²) < 4.78 is 1.19. The van der Waals surface area contributed by atoms with E-state index < -0.39 is 0 Å². The number of halogens is 1. The zero-order chi connectivity index (χ0) is 15.2. The molecule has 1 aromatic carbocycles. The molecule has 0 aliphatic heterocycles. The zero-order valence-electron chi connectivity index (χ0n) is 12.2. The minimum atomic E-state index is 0.541. The van der Waals surface area contributed by atoms with Crippen molar-refractivity contribution in [3.63, 3.8) is 0 Å². The Morgan fingerprint density at radius 2 is 1.81 bits per heavy atom. The van der Waals surface area contributed by atoms with E-state index >= 15 is 0 Å².